The van der Waals surface area contributed by atoms with E-state index >= 15 is 0 Å². The fourth-order valence-electron chi connectivity index (χ4n) is 7.18. The summed E-state index contributed by atoms with van der Waals surface area (Å²) in [5.74, 6) is -8.86. The van der Waals surface area contributed by atoms with Crippen LogP contribution >= 0.6 is 0 Å². The van der Waals surface area contributed by atoms with Gasteiger partial charge in [-0.1, -0.05) is 41.0 Å². The lowest BCUT2D eigenvalue weighted by Gasteiger charge is -2.38. The van der Waals surface area contributed by atoms with Gasteiger partial charge in [-0.3, -0.25) is 24.0 Å². The molecular formula is C37H49NO12. The lowest BCUT2D eigenvalue weighted by Crippen LogP contribution is -2.46. The summed E-state index contributed by atoms with van der Waals surface area (Å²) >= 11 is 0. The standard InChI is InChI=1S/C37H49NO12/c1-16-11-10-12-17(2)36(46)38-23-15-24(40)26-27(32(23)44)31(43)21(6)34-28(26)35(45)37(8,50-34)48-14-13-25(47-9)18(3)33(49-22(7)39)20(5)30(42)19(4)29(16)41/h13-20,25,29-30,33,41-43H,10-12H2,1-9H3,(H,38,46)/b14-13+/t16-,17?,18+,19+,20+,25-,29-,30+,33+,37-/m0/s1. The van der Waals surface area contributed by atoms with Gasteiger partial charge in [0.05, 0.1) is 47.0 Å². The minimum Gasteiger partial charge on any atom is -0.507 e. The molecule has 3 aliphatic heterocycles. The number of aliphatic hydroxyl groups excluding tert-OH is 2. The second kappa shape index (κ2) is 15.0. The van der Waals surface area contributed by atoms with E-state index in [9.17, 15) is 39.3 Å². The predicted molar refractivity (Wildman–Crippen MR) is 179 cm³/mol. The number of phenols is 1. The fraction of sp³-hybridized carbons (Fsp3) is 0.595. The number of carbonyl (C=O) groups is 5. The maximum absolute atomic E-state index is 13.9. The van der Waals surface area contributed by atoms with Crippen molar-refractivity contribution in [1.82, 2.24) is 5.32 Å². The summed E-state index contributed by atoms with van der Waals surface area (Å²) in [6, 6.07) is 0. The van der Waals surface area contributed by atoms with Crippen molar-refractivity contribution < 1.29 is 58.2 Å². The number of benzene rings is 1. The van der Waals surface area contributed by atoms with Gasteiger partial charge in [0.1, 0.15) is 17.6 Å². The Labute approximate surface area is 292 Å². The summed E-state index contributed by atoms with van der Waals surface area (Å²) < 4.78 is 23.1. The van der Waals surface area contributed by atoms with Gasteiger partial charge < -0.3 is 39.6 Å². The highest BCUT2D eigenvalue weighted by Gasteiger charge is 2.51. The number of nitrogens with one attached hydrogen (secondary N) is 1. The molecule has 4 aliphatic rings. The van der Waals surface area contributed by atoms with Gasteiger partial charge in [-0.15, -0.1) is 0 Å². The number of hydrogen-bond acceptors (Lipinski definition) is 12. The van der Waals surface area contributed by atoms with Crippen molar-refractivity contribution in [2.45, 2.75) is 105 Å². The summed E-state index contributed by atoms with van der Waals surface area (Å²) in [7, 11) is 1.43. The molecule has 1 aromatic rings. The lowest BCUT2D eigenvalue weighted by atomic mass is 9.77. The van der Waals surface area contributed by atoms with Crippen LogP contribution in [0.2, 0.25) is 0 Å². The van der Waals surface area contributed by atoms with Crippen LogP contribution in [0.3, 0.4) is 0 Å². The van der Waals surface area contributed by atoms with Gasteiger partial charge in [0.15, 0.2) is 5.78 Å². The number of aliphatic hydroxyl groups is 2. The second-order valence-electron chi connectivity index (χ2n) is 14.1. The fourth-order valence-corrected chi connectivity index (χ4v) is 7.18. The van der Waals surface area contributed by atoms with Crippen LogP contribution in [0.15, 0.2) is 24.1 Å². The Bertz CT molecular complexity index is 1610. The van der Waals surface area contributed by atoms with Crippen LogP contribution < -0.4 is 10.1 Å². The summed E-state index contributed by atoms with van der Waals surface area (Å²) in [5.41, 5.74) is -1.29. The Morgan fingerprint density at radius 3 is 2.24 bits per heavy atom. The SMILES string of the molecule is CO[C@H]1/C=C/O[C@@]2(C)Oc3c(C)c(O)c4c(c3C2=O)C(=O)C=C(NC(=O)C(C)CCC[C@H](C)[C@H](O)[C@@H](C)[C@@H](O)[C@@H](C)[C@H](OC(C)=O)[C@@H]1C)C4=O. The van der Waals surface area contributed by atoms with Crippen molar-refractivity contribution in [1.29, 1.82) is 0 Å². The van der Waals surface area contributed by atoms with E-state index in [0.717, 1.165) is 6.08 Å². The Morgan fingerprint density at radius 2 is 1.62 bits per heavy atom. The number of esters is 1. The first kappa shape index (κ1) is 38.7. The number of hydrogen-bond donors (Lipinski definition) is 4. The van der Waals surface area contributed by atoms with Crippen LogP contribution in [0, 0.1) is 36.5 Å². The van der Waals surface area contributed by atoms with Gasteiger partial charge in [-0.2, -0.15) is 0 Å². The first-order valence-corrected chi connectivity index (χ1v) is 17.0. The van der Waals surface area contributed by atoms with Crippen LogP contribution in [0.25, 0.3) is 0 Å². The highest BCUT2D eigenvalue weighted by Crippen LogP contribution is 2.48. The molecule has 0 spiro atoms. The van der Waals surface area contributed by atoms with Crippen LogP contribution in [-0.2, 0) is 23.8 Å². The first-order valence-electron chi connectivity index (χ1n) is 17.0. The van der Waals surface area contributed by atoms with Crippen LogP contribution in [0.5, 0.6) is 11.5 Å². The van der Waals surface area contributed by atoms with Crippen molar-refractivity contribution in [2.24, 2.45) is 29.6 Å². The third-order valence-electron chi connectivity index (χ3n) is 10.5. The molecule has 1 aliphatic carbocycles. The minimum absolute atomic E-state index is 0.0294. The Balaban J connectivity index is 1.77. The first-order chi connectivity index (χ1) is 23.4. The number of methoxy groups -OCH3 is 1. The number of aromatic hydroxyl groups is 1. The van der Waals surface area contributed by atoms with Gasteiger partial charge in [-0.25, -0.2) is 0 Å². The van der Waals surface area contributed by atoms with Crippen molar-refractivity contribution in [3.05, 3.63) is 46.4 Å². The normalized spacial score (nSPS) is 34.7. The van der Waals surface area contributed by atoms with Crippen LogP contribution in [0.1, 0.15) is 104 Å². The van der Waals surface area contributed by atoms with E-state index in [1.807, 2.05) is 6.92 Å². The zero-order valence-electron chi connectivity index (χ0n) is 30.1. The Morgan fingerprint density at radius 1 is 0.960 bits per heavy atom. The van der Waals surface area contributed by atoms with Crippen molar-refractivity contribution in [3.63, 3.8) is 0 Å². The smallest absolute Gasteiger partial charge is 0.312 e. The molecule has 0 saturated heterocycles. The van der Waals surface area contributed by atoms with E-state index in [1.54, 1.807) is 27.7 Å². The zero-order chi connectivity index (χ0) is 37.4. The number of phenolic OH excluding ortho intramolecular Hbond substituents is 1. The van der Waals surface area contributed by atoms with Gasteiger partial charge in [0.25, 0.3) is 5.78 Å². The van der Waals surface area contributed by atoms with Gasteiger partial charge >= 0.3 is 11.8 Å². The van der Waals surface area contributed by atoms with E-state index in [4.69, 9.17) is 18.9 Å². The molecule has 3 heterocycles. The van der Waals surface area contributed by atoms with Crippen LogP contribution in [-0.4, -0.2) is 81.9 Å². The third kappa shape index (κ3) is 7.22. The molecule has 0 fully saturated rings. The molecule has 274 valence electrons. The molecule has 50 heavy (non-hydrogen) atoms. The van der Waals surface area contributed by atoms with Gasteiger partial charge in [0.2, 0.25) is 11.7 Å². The molecule has 13 heteroatoms. The molecule has 0 aromatic heterocycles. The number of ether oxygens (including phenoxy) is 4. The van der Waals surface area contributed by atoms with E-state index in [1.165, 1.54) is 40.2 Å². The average Bonchev–Trinajstić information content (AvgIpc) is 3.33. The number of allylic oxidation sites excluding steroid dienone is 2. The number of rotatable bonds is 2. The van der Waals surface area contributed by atoms with Crippen molar-refractivity contribution >= 4 is 29.2 Å². The highest BCUT2D eigenvalue weighted by atomic mass is 16.7. The Kier molecular flexibility index (Phi) is 11.6. The monoisotopic (exact) mass is 699 g/mol. The maximum atomic E-state index is 13.9. The predicted octanol–water partition coefficient (Wildman–Crippen LogP) is 3.93. The molecule has 1 aromatic carbocycles. The minimum atomic E-state index is -2.02. The van der Waals surface area contributed by atoms with Gasteiger partial charge in [0, 0.05) is 56.3 Å². The lowest BCUT2D eigenvalue weighted by molar-refractivity contribution is -0.160. The summed E-state index contributed by atoms with van der Waals surface area (Å²) in [6.45, 7) is 12.7. The number of fused-ring (bicyclic) bond motifs is 16. The molecule has 0 saturated carbocycles. The maximum Gasteiger partial charge on any atom is 0.312 e. The van der Waals surface area contributed by atoms with Crippen LogP contribution in [0.4, 0.5) is 0 Å². The topological polar surface area (TPSA) is 195 Å². The molecule has 5 rings (SSSR count). The van der Waals surface area contributed by atoms with Crippen molar-refractivity contribution in [2.75, 3.05) is 7.11 Å². The molecular weight excluding hydrogens is 650 g/mol. The Hall–Kier alpha value is -4.07. The zero-order valence-corrected chi connectivity index (χ0v) is 30.1. The van der Waals surface area contributed by atoms with Crippen molar-refractivity contribution in [3.8, 4) is 11.5 Å². The van der Waals surface area contributed by atoms with Gasteiger partial charge in [-0.05, 0) is 31.8 Å². The highest BCUT2D eigenvalue weighted by molar-refractivity contribution is 6.30. The number of amides is 1. The molecule has 5 bridgehead atoms. The third-order valence-corrected chi connectivity index (χ3v) is 10.5. The summed E-state index contributed by atoms with van der Waals surface area (Å²) in [6.07, 6.45) is 1.40. The number of ketones is 3. The molecule has 0 radical (unpaired) electrons. The number of carbonyl (C=O) groups excluding carboxylic acids is 5. The quantitative estimate of drug-likeness (QED) is 0.325. The second-order valence-corrected chi connectivity index (χ2v) is 14.1. The van der Waals surface area contributed by atoms with E-state index in [-0.39, 0.29) is 34.1 Å². The summed E-state index contributed by atoms with van der Waals surface area (Å²) in [5, 5.41) is 36.3. The molecule has 1 unspecified atom stereocenters. The largest absolute Gasteiger partial charge is 0.507 e. The number of Topliss-reactive ketones (excluding diaryl/α,β-unsaturated/α-hetero) is 2. The summed E-state index contributed by atoms with van der Waals surface area (Å²) in [4.78, 5) is 66.4. The molecule has 13 nitrogen and oxygen atoms in total. The molecule has 4 N–H and O–H groups in total. The van der Waals surface area contributed by atoms with E-state index in [2.05, 4.69) is 5.32 Å². The average molecular weight is 700 g/mol. The van der Waals surface area contributed by atoms with E-state index < -0.39 is 94.4 Å². The molecule has 10 atom stereocenters. The molecule has 1 amide bonds. The van der Waals surface area contributed by atoms with E-state index in [0.29, 0.717) is 19.3 Å².